The van der Waals surface area contributed by atoms with Gasteiger partial charge in [0.15, 0.2) is 0 Å². The van der Waals surface area contributed by atoms with Crippen LogP contribution >= 0.6 is 0 Å². The number of hydrogen-bond acceptors (Lipinski definition) is 1. The Morgan fingerprint density at radius 2 is 1.81 bits per heavy atom. The van der Waals surface area contributed by atoms with Gasteiger partial charge < -0.3 is 5.11 Å². The Morgan fingerprint density at radius 3 is 2.38 bits per heavy atom. The lowest BCUT2D eigenvalue weighted by molar-refractivity contribution is 0.0403. The molecule has 1 nitrogen and oxygen atoms in total. The molecule has 1 unspecified atom stereocenters. The molecule has 0 aliphatic heterocycles. The number of aryl methyl sites for hydroxylation is 2. The maximum atomic E-state index is 10.6. The quantitative estimate of drug-likeness (QED) is 0.797. The molecule has 0 bridgehead atoms. The highest BCUT2D eigenvalue weighted by Gasteiger charge is 2.37. The van der Waals surface area contributed by atoms with E-state index in [9.17, 15) is 5.11 Å². The summed E-state index contributed by atoms with van der Waals surface area (Å²) in [6, 6.07) is 6.36. The molecular weight excluding hydrogens is 196 g/mol. The van der Waals surface area contributed by atoms with Crippen LogP contribution in [0.25, 0.3) is 0 Å². The number of rotatable bonds is 2. The van der Waals surface area contributed by atoms with Gasteiger partial charge in [-0.2, -0.15) is 0 Å². The second kappa shape index (κ2) is 4.21. The summed E-state index contributed by atoms with van der Waals surface area (Å²) in [5.74, 6) is 0. The molecule has 1 fully saturated rings. The summed E-state index contributed by atoms with van der Waals surface area (Å²) >= 11 is 0. The fourth-order valence-electron chi connectivity index (χ4n) is 2.96. The van der Waals surface area contributed by atoms with Crippen LogP contribution in [0.3, 0.4) is 0 Å². The smallest absolute Gasteiger partial charge is 0.0846 e. The van der Waals surface area contributed by atoms with Crippen LogP contribution in [0.2, 0.25) is 0 Å². The predicted molar refractivity (Wildman–Crippen MR) is 67.5 cm³/mol. The maximum absolute atomic E-state index is 10.6. The zero-order valence-electron chi connectivity index (χ0n) is 10.6. The van der Waals surface area contributed by atoms with E-state index in [0.717, 1.165) is 18.4 Å². The zero-order chi connectivity index (χ0) is 11.8. The van der Waals surface area contributed by atoms with Crippen molar-refractivity contribution >= 4 is 0 Å². The summed E-state index contributed by atoms with van der Waals surface area (Å²) in [4.78, 5) is 0. The molecule has 0 radical (unpaired) electrons. The molecule has 1 aliphatic carbocycles. The summed E-state index contributed by atoms with van der Waals surface area (Å²) in [6.45, 7) is 6.42. The summed E-state index contributed by atoms with van der Waals surface area (Å²) in [7, 11) is 0. The van der Waals surface area contributed by atoms with E-state index in [1.807, 2.05) is 0 Å². The lowest BCUT2D eigenvalue weighted by atomic mass is 9.78. The molecule has 0 saturated heterocycles. The molecule has 0 aromatic heterocycles. The number of aliphatic hydroxyl groups excluding tert-OH is 1. The second-order valence-corrected chi connectivity index (χ2v) is 5.62. The first-order valence-corrected chi connectivity index (χ1v) is 6.28. The van der Waals surface area contributed by atoms with Crippen molar-refractivity contribution in [1.82, 2.24) is 0 Å². The van der Waals surface area contributed by atoms with Crippen LogP contribution in [0.5, 0.6) is 0 Å². The molecule has 0 spiro atoms. The van der Waals surface area contributed by atoms with Crippen molar-refractivity contribution in [3.8, 4) is 0 Å². The topological polar surface area (TPSA) is 20.2 Å². The van der Waals surface area contributed by atoms with Crippen LogP contribution in [0.1, 0.15) is 55.4 Å². The molecular formula is C15H22O. The highest BCUT2D eigenvalue weighted by atomic mass is 16.3. The van der Waals surface area contributed by atoms with Crippen molar-refractivity contribution in [2.45, 2.75) is 52.6 Å². The van der Waals surface area contributed by atoms with E-state index in [0.29, 0.717) is 0 Å². The van der Waals surface area contributed by atoms with Gasteiger partial charge in [-0.3, -0.25) is 0 Å². The van der Waals surface area contributed by atoms with Crippen molar-refractivity contribution in [3.63, 3.8) is 0 Å². The van der Waals surface area contributed by atoms with Crippen molar-refractivity contribution in [2.24, 2.45) is 5.41 Å². The van der Waals surface area contributed by atoms with E-state index in [-0.39, 0.29) is 11.5 Å². The van der Waals surface area contributed by atoms with Gasteiger partial charge >= 0.3 is 0 Å². The van der Waals surface area contributed by atoms with Gasteiger partial charge in [0.25, 0.3) is 0 Å². The highest BCUT2D eigenvalue weighted by molar-refractivity contribution is 5.33. The molecule has 1 aromatic rings. The van der Waals surface area contributed by atoms with E-state index in [4.69, 9.17) is 0 Å². The Bertz CT molecular complexity index is 375. The largest absolute Gasteiger partial charge is 0.388 e. The fourth-order valence-corrected chi connectivity index (χ4v) is 2.96. The Labute approximate surface area is 98.5 Å². The van der Waals surface area contributed by atoms with Crippen LogP contribution in [0.4, 0.5) is 0 Å². The SMILES string of the molecule is Cc1ccc(C(O)C2(C)CCCC2)c(C)c1. The third-order valence-corrected chi connectivity index (χ3v) is 4.13. The highest BCUT2D eigenvalue weighted by Crippen LogP contribution is 2.47. The van der Waals surface area contributed by atoms with Gasteiger partial charge in [0.1, 0.15) is 0 Å². The van der Waals surface area contributed by atoms with Gasteiger partial charge in [-0.25, -0.2) is 0 Å². The van der Waals surface area contributed by atoms with Gasteiger partial charge in [-0.15, -0.1) is 0 Å². The van der Waals surface area contributed by atoms with Gasteiger partial charge in [0.05, 0.1) is 6.10 Å². The molecule has 1 atom stereocenters. The standard InChI is InChI=1S/C15H22O/c1-11-6-7-13(12(2)10-11)14(16)15(3)8-4-5-9-15/h6-7,10,14,16H,4-5,8-9H2,1-3H3. The number of benzene rings is 1. The van der Waals surface area contributed by atoms with Gasteiger partial charge in [0.2, 0.25) is 0 Å². The molecule has 1 N–H and O–H groups in total. The molecule has 2 rings (SSSR count). The van der Waals surface area contributed by atoms with Gasteiger partial charge in [-0.05, 0) is 43.2 Å². The summed E-state index contributed by atoms with van der Waals surface area (Å²) in [5.41, 5.74) is 3.71. The Morgan fingerprint density at radius 1 is 1.19 bits per heavy atom. The number of aliphatic hydroxyl groups is 1. The first-order valence-electron chi connectivity index (χ1n) is 6.28. The first-order chi connectivity index (χ1) is 7.53. The van der Waals surface area contributed by atoms with E-state index in [1.165, 1.54) is 24.0 Å². The minimum Gasteiger partial charge on any atom is -0.388 e. The lowest BCUT2D eigenvalue weighted by Gasteiger charge is -2.31. The minimum absolute atomic E-state index is 0.0972. The van der Waals surface area contributed by atoms with Crippen LogP contribution in [-0.2, 0) is 0 Å². The third-order valence-electron chi connectivity index (χ3n) is 4.13. The van der Waals surface area contributed by atoms with E-state index in [2.05, 4.69) is 39.0 Å². The van der Waals surface area contributed by atoms with Gasteiger partial charge in [0, 0.05) is 0 Å². The Hall–Kier alpha value is -0.820. The van der Waals surface area contributed by atoms with Crippen LogP contribution in [-0.4, -0.2) is 5.11 Å². The van der Waals surface area contributed by atoms with E-state index in [1.54, 1.807) is 0 Å². The second-order valence-electron chi connectivity index (χ2n) is 5.62. The zero-order valence-corrected chi connectivity index (χ0v) is 10.6. The van der Waals surface area contributed by atoms with Crippen LogP contribution in [0, 0.1) is 19.3 Å². The molecule has 0 amide bonds. The Kier molecular flexibility index (Phi) is 3.07. The first kappa shape index (κ1) is 11.7. The minimum atomic E-state index is -0.296. The lowest BCUT2D eigenvalue weighted by Crippen LogP contribution is -2.22. The third kappa shape index (κ3) is 2.01. The molecule has 0 heterocycles. The average Bonchev–Trinajstić information content (AvgIpc) is 2.66. The average molecular weight is 218 g/mol. The van der Waals surface area contributed by atoms with Crippen molar-refractivity contribution in [1.29, 1.82) is 0 Å². The van der Waals surface area contributed by atoms with Crippen LogP contribution in [0.15, 0.2) is 18.2 Å². The molecule has 16 heavy (non-hydrogen) atoms. The Balaban J connectivity index is 2.29. The van der Waals surface area contributed by atoms with E-state index >= 15 is 0 Å². The summed E-state index contributed by atoms with van der Waals surface area (Å²) < 4.78 is 0. The molecule has 1 saturated carbocycles. The summed E-state index contributed by atoms with van der Waals surface area (Å²) in [6.07, 6.45) is 4.54. The molecule has 1 aliphatic rings. The predicted octanol–water partition coefficient (Wildman–Crippen LogP) is 3.92. The van der Waals surface area contributed by atoms with Crippen LogP contribution < -0.4 is 0 Å². The summed E-state index contributed by atoms with van der Waals surface area (Å²) in [5, 5.41) is 10.6. The van der Waals surface area contributed by atoms with Gasteiger partial charge in [-0.1, -0.05) is 43.5 Å². The molecule has 1 aromatic carbocycles. The molecule has 88 valence electrons. The maximum Gasteiger partial charge on any atom is 0.0846 e. The van der Waals surface area contributed by atoms with Crippen molar-refractivity contribution < 1.29 is 5.11 Å². The molecule has 1 heteroatoms. The fraction of sp³-hybridized carbons (Fsp3) is 0.600. The normalized spacial score (nSPS) is 21.0. The monoisotopic (exact) mass is 218 g/mol. The van der Waals surface area contributed by atoms with Crippen molar-refractivity contribution in [3.05, 3.63) is 34.9 Å². The van der Waals surface area contributed by atoms with Crippen molar-refractivity contribution in [2.75, 3.05) is 0 Å². The van der Waals surface area contributed by atoms with E-state index < -0.39 is 0 Å². The number of hydrogen-bond donors (Lipinski definition) is 1.